The van der Waals surface area contributed by atoms with Crippen molar-refractivity contribution in [1.82, 2.24) is 0 Å². The molecule has 0 spiro atoms. The van der Waals surface area contributed by atoms with E-state index < -0.39 is 6.10 Å². The Kier molecular flexibility index (Phi) is 65.7. The maximum atomic E-state index is 13.0. The largest absolute Gasteiger partial charge is 0.462 e. The zero-order valence-electron chi connectivity index (χ0n) is 53.5. The molecule has 0 aliphatic carbocycles. The molecule has 466 valence electrons. The number of hydrogen-bond acceptors (Lipinski definition) is 6. The average molecular weight is 1130 g/mol. The monoisotopic (exact) mass is 1130 g/mol. The predicted molar refractivity (Wildman–Crippen MR) is 353 cm³/mol. The molecule has 0 aromatic carbocycles. The van der Waals surface area contributed by atoms with E-state index in [0.29, 0.717) is 19.3 Å². The van der Waals surface area contributed by atoms with E-state index in [1.807, 2.05) is 0 Å². The summed E-state index contributed by atoms with van der Waals surface area (Å²) in [5.41, 5.74) is 0. The predicted octanol–water partition coefficient (Wildman–Crippen LogP) is 24.0. The summed E-state index contributed by atoms with van der Waals surface area (Å²) in [7, 11) is 0. The third-order valence-electron chi connectivity index (χ3n) is 15.0. The van der Waals surface area contributed by atoms with Crippen LogP contribution in [0, 0.1) is 0 Å². The topological polar surface area (TPSA) is 78.9 Å². The minimum atomic E-state index is -0.788. The third kappa shape index (κ3) is 67.0. The minimum Gasteiger partial charge on any atom is -0.462 e. The summed E-state index contributed by atoms with van der Waals surface area (Å²) in [6, 6.07) is 0. The Morgan fingerprint density at radius 1 is 0.259 bits per heavy atom. The van der Waals surface area contributed by atoms with Crippen LogP contribution in [0.5, 0.6) is 0 Å². The maximum Gasteiger partial charge on any atom is 0.306 e. The van der Waals surface area contributed by atoms with E-state index in [9.17, 15) is 14.4 Å². The SMILES string of the molecule is CC/C=C\C/C=C\C/C=C\C/C=C\CCCCCCCCCCCCCCC(=O)OCC(COC(=O)CCCCCCC/C=C\CCCCCCCC)OC(=O)CCCCCCCCCC/C=C\C/C=C\C/C=C\CCCCCCC. The summed E-state index contributed by atoms with van der Waals surface area (Å²) >= 11 is 0. The number of rotatable bonds is 63. The van der Waals surface area contributed by atoms with Gasteiger partial charge in [-0.15, -0.1) is 0 Å². The Hall–Kier alpha value is -3.67. The minimum absolute atomic E-state index is 0.0827. The zero-order valence-corrected chi connectivity index (χ0v) is 53.5. The van der Waals surface area contributed by atoms with E-state index in [4.69, 9.17) is 14.2 Å². The van der Waals surface area contributed by atoms with Gasteiger partial charge in [0.2, 0.25) is 0 Å². The van der Waals surface area contributed by atoms with Crippen LogP contribution in [-0.2, 0) is 28.6 Å². The molecule has 0 N–H and O–H groups in total. The van der Waals surface area contributed by atoms with Crippen molar-refractivity contribution in [3.63, 3.8) is 0 Å². The molecule has 1 unspecified atom stereocenters. The summed E-state index contributed by atoms with van der Waals surface area (Å²) in [4.78, 5) is 38.4. The van der Waals surface area contributed by atoms with Gasteiger partial charge in [-0.3, -0.25) is 14.4 Å². The zero-order chi connectivity index (χ0) is 58.5. The van der Waals surface area contributed by atoms with Crippen LogP contribution in [0.2, 0.25) is 0 Å². The van der Waals surface area contributed by atoms with Gasteiger partial charge in [-0.05, 0) is 122 Å². The lowest BCUT2D eigenvalue weighted by Crippen LogP contribution is -2.30. The van der Waals surface area contributed by atoms with Crippen molar-refractivity contribution in [2.24, 2.45) is 0 Å². The van der Waals surface area contributed by atoms with Crippen molar-refractivity contribution in [1.29, 1.82) is 0 Å². The first-order valence-corrected chi connectivity index (χ1v) is 34.7. The summed E-state index contributed by atoms with van der Waals surface area (Å²) < 4.78 is 17.0. The second-order valence-electron chi connectivity index (χ2n) is 23.1. The van der Waals surface area contributed by atoms with Crippen molar-refractivity contribution >= 4 is 17.9 Å². The van der Waals surface area contributed by atoms with Crippen molar-refractivity contribution in [2.45, 2.75) is 348 Å². The lowest BCUT2D eigenvalue weighted by Gasteiger charge is -2.18. The van der Waals surface area contributed by atoms with Crippen LogP contribution >= 0.6 is 0 Å². The van der Waals surface area contributed by atoms with Gasteiger partial charge in [0.05, 0.1) is 0 Å². The summed E-state index contributed by atoms with van der Waals surface area (Å²) in [5, 5.41) is 0. The van der Waals surface area contributed by atoms with Gasteiger partial charge in [0.15, 0.2) is 6.10 Å². The number of ether oxygens (including phenoxy) is 3. The van der Waals surface area contributed by atoms with Crippen LogP contribution in [0.1, 0.15) is 342 Å². The molecule has 6 nitrogen and oxygen atoms in total. The van der Waals surface area contributed by atoms with E-state index >= 15 is 0 Å². The van der Waals surface area contributed by atoms with E-state index in [0.717, 1.165) is 109 Å². The summed E-state index contributed by atoms with van der Waals surface area (Å²) in [5.74, 6) is -0.886. The summed E-state index contributed by atoms with van der Waals surface area (Å²) in [6.07, 6.45) is 92.8. The van der Waals surface area contributed by atoms with Gasteiger partial charge >= 0.3 is 17.9 Å². The van der Waals surface area contributed by atoms with Gasteiger partial charge in [-0.25, -0.2) is 0 Å². The Morgan fingerprint density at radius 3 is 0.765 bits per heavy atom. The fraction of sp³-hybridized carbons (Fsp3) is 0.747. The van der Waals surface area contributed by atoms with Crippen molar-refractivity contribution in [3.8, 4) is 0 Å². The molecule has 0 heterocycles. The number of allylic oxidation sites excluding steroid dienone is 16. The van der Waals surface area contributed by atoms with E-state index in [1.54, 1.807) is 0 Å². The second-order valence-corrected chi connectivity index (χ2v) is 23.1. The Labute approximate surface area is 502 Å². The van der Waals surface area contributed by atoms with Crippen LogP contribution in [0.15, 0.2) is 97.2 Å². The average Bonchev–Trinajstić information content (AvgIpc) is 3.47. The van der Waals surface area contributed by atoms with E-state index in [2.05, 4.69) is 118 Å². The van der Waals surface area contributed by atoms with Crippen LogP contribution in [0.3, 0.4) is 0 Å². The molecule has 0 rings (SSSR count). The first-order valence-electron chi connectivity index (χ1n) is 34.7. The molecular weight excluding hydrogens is 997 g/mol. The van der Waals surface area contributed by atoms with Crippen LogP contribution < -0.4 is 0 Å². The van der Waals surface area contributed by atoms with Gasteiger partial charge in [0, 0.05) is 19.3 Å². The molecule has 0 radical (unpaired) electrons. The number of hydrogen-bond donors (Lipinski definition) is 0. The second kappa shape index (κ2) is 68.8. The van der Waals surface area contributed by atoms with E-state index in [-0.39, 0.29) is 31.1 Å². The first kappa shape index (κ1) is 77.3. The summed E-state index contributed by atoms with van der Waals surface area (Å²) in [6.45, 7) is 6.54. The standard InChI is InChI=1S/C75H130O6/c1-4-7-10-13-16-19-22-25-28-30-32-34-36-37-39-40-42-44-47-50-53-56-59-62-65-68-74(77)80-71-72(70-79-73(76)67-64-61-58-55-52-49-46-27-24-21-18-15-12-9-6-3)81-75(78)69-66-63-60-57-54-51-48-45-43-41-38-35-33-31-29-26-23-20-17-14-11-8-5-2/h7,10,16,19,23,25-28,31-34,38,41,46,72H,4-6,8-9,11-15,17-18,20-22,24,29-30,35-37,39-40,42-45,47-71H2,1-3H3/b10-7-,19-16-,26-23-,28-25-,33-31-,34-32-,41-38-,46-27-. The van der Waals surface area contributed by atoms with Gasteiger partial charge in [0.25, 0.3) is 0 Å². The molecule has 6 heteroatoms. The lowest BCUT2D eigenvalue weighted by atomic mass is 10.0. The lowest BCUT2D eigenvalue weighted by molar-refractivity contribution is -0.167. The first-order chi connectivity index (χ1) is 40.0. The van der Waals surface area contributed by atoms with Gasteiger partial charge in [-0.1, -0.05) is 298 Å². The number of carbonyl (C=O) groups excluding carboxylic acids is 3. The molecule has 0 amide bonds. The van der Waals surface area contributed by atoms with Crippen LogP contribution in [-0.4, -0.2) is 37.2 Å². The van der Waals surface area contributed by atoms with Crippen molar-refractivity contribution < 1.29 is 28.6 Å². The Balaban J connectivity index is 4.35. The van der Waals surface area contributed by atoms with E-state index in [1.165, 1.54) is 193 Å². The highest BCUT2D eigenvalue weighted by Crippen LogP contribution is 2.17. The molecule has 0 aliphatic heterocycles. The van der Waals surface area contributed by atoms with Crippen molar-refractivity contribution in [3.05, 3.63) is 97.2 Å². The fourth-order valence-corrected chi connectivity index (χ4v) is 9.85. The molecule has 0 bridgehead atoms. The molecule has 1 atom stereocenters. The number of unbranched alkanes of at least 4 members (excludes halogenated alkanes) is 36. The normalized spacial score (nSPS) is 12.7. The van der Waals surface area contributed by atoms with Crippen molar-refractivity contribution in [2.75, 3.05) is 13.2 Å². The number of carbonyl (C=O) groups is 3. The molecule has 0 fully saturated rings. The smallest absolute Gasteiger partial charge is 0.306 e. The highest BCUT2D eigenvalue weighted by Gasteiger charge is 2.19. The molecule has 0 aromatic rings. The quantitative estimate of drug-likeness (QED) is 0.0261. The van der Waals surface area contributed by atoms with Gasteiger partial charge in [-0.2, -0.15) is 0 Å². The molecule has 0 saturated heterocycles. The molecule has 81 heavy (non-hydrogen) atoms. The van der Waals surface area contributed by atoms with Gasteiger partial charge in [0.1, 0.15) is 13.2 Å². The molecule has 0 saturated carbocycles. The van der Waals surface area contributed by atoms with Gasteiger partial charge < -0.3 is 14.2 Å². The highest BCUT2D eigenvalue weighted by atomic mass is 16.6. The Morgan fingerprint density at radius 2 is 0.481 bits per heavy atom. The molecule has 0 aliphatic rings. The Bertz CT molecular complexity index is 1580. The van der Waals surface area contributed by atoms with Crippen LogP contribution in [0.4, 0.5) is 0 Å². The number of esters is 3. The molecule has 0 aromatic heterocycles. The van der Waals surface area contributed by atoms with Crippen LogP contribution in [0.25, 0.3) is 0 Å². The maximum absolute atomic E-state index is 13.0. The molecular formula is C75H130O6. The third-order valence-corrected chi connectivity index (χ3v) is 15.0. The highest BCUT2D eigenvalue weighted by molar-refractivity contribution is 5.71. The fourth-order valence-electron chi connectivity index (χ4n) is 9.85.